The zero-order chi connectivity index (χ0) is 15.2. The van der Waals surface area contributed by atoms with E-state index in [4.69, 9.17) is 0 Å². The highest BCUT2D eigenvalue weighted by molar-refractivity contribution is 9.10. The van der Waals surface area contributed by atoms with E-state index in [0.29, 0.717) is 6.04 Å². The molecule has 0 aromatic carbocycles. The van der Waals surface area contributed by atoms with Crippen LogP contribution in [0.25, 0.3) is 0 Å². The fourth-order valence-electron chi connectivity index (χ4n) is 3.67. The van der Waals surface area contributed by atoms with E-state index in [1.807, 2.05) is 0 Å². The monoisotopic (exact) mass is 355 g/mol. The van der Waals surface area contributed by atoms with E-state index in [1.54, 1.807) is 0 Å². The first kappa shape index (κ1) is 17.0. The highest BCUT2D eigenvalue weighted by Crippen LogP contribution is 2.29. The second-order valence-electron chi connectivity index (χ2n) is 6.37. The van der Waals surface area contributed by atoms with Crippen molar-refractivity contribution in [3.8, 4) is 0 Å². The number of aryl methyl sites for hydroxylation is 2. The predicted octanol–water partition coefficient (Wildman–Crippen LogP) is 4.46. The molecule has 4 heteroatoms. The molecule has 0 radical (unpaired) electrons. The molecule has 1 aliphatic carbocycles. The van der Waals surface area contributed by atoms with Crippen molar-refractivity contribution in [3.63, 3.8) is 0 Å². The fraction of sp³-hybridized carbons (Fsp3) is 0.824. The highest BCUT2D eigenvalue weighted by Gasteiger charge is 2.24. The van der Waals surface area contributed by atoms with E-state index in [0.717, 1.165) is 24.6 Å². The fourth-order valence-corrected chi connectivity index (χ4v) is 4.11. The maximum absolute atomic E-state index is 4.64. The van der Waals surface area contributed by atoms with E-state index in [1.165, 1.54) is 55.1 Å². The zero-order valence-corrected chi connectivity index (χ0v) is 15.4. The largest absolute Gasteiger partial charge is 0.316 e. The van der Waals surface area contributed by atoms with Gasteiger partial charge in [-0.1, -0.05) is 32.1 Å². The molecule has 3 nitrogen and oxygen atoms in total. The van der Waals surface area contributed by atoms with Gasteiger partial charge in [0.15, 0.2) is 0 Å². The lowest BCUT2D eigenvalue weighted by molar-refractivity contribution is 0.290. The number of nitrogens with one attached hydrogen (secondary N) is 1. The van der Waals surface area contributed by atoms with Crippen LogP contribution < -0.4 is 5.32 Å². The first-order chi connectivity index (χ1) is 10.2. The van der Waals surface area contributed by atoms with Crippen LogP contribution in [0.2, 0.25) is 0 Å². The standard InChI is InChI=1S/C17H30BrN3/c1-4-21-16(17(18)13(2)20-21)12-15(19-3)14-10-8-6-5-7-9-11-14/h14-15,19H,4-12H2,1-3H3. The predicted molar refractivity (Wildman–Crippen MR) is 92.7 cm³/mol. The quantitative estimate of drug-likeness (QED) is 0.844. The zero-order valence-electron chi connectivity index (χ0n) is 13.8. The van der Waals surface area contributed by atoms with Gasteiger partial charge in [-0.25, -0.2) is 0 Å². The molecule has 1 saturated carbocycles. The van der Waals surface area contributed by atoms with Gasteiger partial charge in [0.2, 0.25) is 0 Å². The molecule has 0 saturated heterocycles. The van der Waals surface area contributed by atoms with Crippen molar-refractivity contribution in [1.29, 1.82) is 0 Å². The summed E-state index contributed by atoms with van der Waals surface area (Å²) < 4.78 is 3.36. The van der Waals surface area contributed by atoms with Gasteiger partial charge in [0.05, 0.1) is 15.9 Å². The molecule has 1 heterocycles. The maximum atomic E-state index is 4.64. The third-order valence-electron chi connectivity index (χ3n) is 4.96. The molecular weight excluding hydrogens is 326 g/mol. The van der Waals surface area contributed by atoms with Crippen LogP contribution in [0.15, 0.2) is 4.47 Å². The topological polar surface area (TPSA) is 29.9 Å². The summed E-state index contributed by atoms with van der Waals surface area (Å²) >= 11 is 3.74. The third-order valence-corrected chi connectivity index (χ3v) is 5.99. The summed E-state index contributed by atoms with van der Waals surface area (Å²) in [4.78, 5) is 0. The third kappa shape index (κ3) is 4.32. The van der Waals surface area contributed by atoms with Crippen molar-refractivity contribution in [2.24, 2.45) is 5.92 Å². The SMILES string of the molecule is CCn1nc(C)c(Br)c1CC(NC)C1CCCCCCC1. The minimum atomic E-state index is 0.570. The van der Waals surface area contributed by atoms with E-state index < -0.39 is 0 Å². The lowest BCUT2D eigenvalue weighted by Crippen LogP contribution is -2.36. The first-order valence-corrected chi connectivity index (χ1v) is 9.35. The highest BCUT2D eigenvalue weighted by atomic mass is 79.9. The van der Waals surface area contributed by atoms with Gasteiger partial charge in [0.1, 0.15) is 0 Å². The summed E-state index contributed by atoms with van der Waals surface area (Å²) in [7, 11) is 2.12. The van der Waals surface area contributed by atoms with Crippen molar-refractivity contribution in [2.45, 2.75) is 77.8 Å². The summed E-state index contributed by atoms with van der Waals surface area (Å²) in [6.45, 7) is 5.21. The van der Waals surface area contributed by atoms with Crippen molar-refractivity contribution >= 4 is 15.9 Å². The second-order valence-corrected chi connectivity index (χ2v) is 7.16. The molecular formula is C17H30BrN3. The number of aromatic nitrogens is 2. The van der Waals surface area contributed by atoms with Gasteiger partial charge in [-0.3, -0.25) is 4.68 Å². The molecule has 1 aromatic heterocycles. The number of nitrogens with zero attached hydrogens (tertiary/aromatic N) is 2. The number of halogens is 1. The van der Waals surface area contributed by atoms with Gasteiger partial charge < -0.3 is 5.32 Å². The molecule has 0 spiro atoms. The molecule has 1 atom stereocenters. The van der Waals surface area contributed by atoms with Crippen molar-refractivity contribution in [2.75, 3.05) is 7.05 Å². The van der Waals surface area contributed by atoms with Crippen molar-refractivity contribution in [3.05, 3.63) is 15.9 Å². The van der Waals surface area contributed by atoms with Crippen molar-refractivity contribution < 1.29 is 0 Å². The van der Waals surface area contributed by atoms with Crippen LogP contribution >= 0.6 is 15.9 Å². The summed E-state index contributed by atoms with van der Waals surface area (Å²) in [5.41, 5.74) is 2.47. The summed E-state index contributed by atoms with van der Waals surface area (Å²) in [5, 5.41) is 8.23. The molecule has 1 aromatic rings. The first-order valence-electron chi connectivity index (χ1n) is 8.56. The van der Waals surface area contributed by atoms with Gasteiger partial charge in [-0.15, -0.1) is 0 Å². The molecule has 0 aliphatic heterocycles. The minimum absolute atomic E-state index is 0.570. The Morgan fingerprint density at radius 3 is 2.43 bits per heavy atom. The van der Waals surface area contributed by atoms with Gasteiger partial charge >= 0.3 is 0 Å². The van der Waals surface area contributed by atoms with Crippen LogP contribution in [0, 0.1) is 12.8 Å². The van der Waals surface area contributed by atoms with Gasteiger partial charge in [-0.05, 0) is 55.6 Å². The Bertz CT molecular complexity index is 433. The normalized spacial score (nSPS) is 19.2. The molecule has 120 valence electrons. The van der Waals surface area contributed by atoms with E-state index >= 15 is 0 Å². The summed E-state index contributed by atoms with van der Waals surface area (Å²) in [5.74, 6) is 0.808. The van der Waals surface area contributed by atoms with Gasteiger partial charge in [0, 0.05) is 19.0 Å². The number of likely N-dealkylation sites (N-methyl/N-ethyl adjacent to an activating group) is 1. The maximum Gasteiger partial charge on any atom is 0.0738 e. The Balaban J connectivity index is 2.10. The molecule has 1 fully saturated rings. The van der Waals surface area contributed by atoms with E-state index in [2.05, 4.69) is 51.9 Å². The molecule has 2 rings (SSSR count). The number of rotatable bonds is 5. The Labute approximate surface area is 138 Å². The van der Waals surface area contributed by atoms with E-state index in [-0.39, 0.29) is 0 Å². The number of hydrogen-bond acceptors (Lipinski definition) is 2. The smallest absolute Gasteiger partial charge is 0.0738 e. The lowest BCUT2D eigenvalue weighted by Gasteiger charge is -2.29. The molecule has 0 bridgehead atoms. The van der Waals surface area contributed by atoms with Crippen LogP contribution in [-0.2, 0) is 13.0 Å². The Morgan fingerprint density at radius 1 is 1.24 bits per heavy atom. The van der Waals surface area contributed by atoms with Crippen LogP contribution in [0.3, 0.4) is 0 Å². The van der Waals surface area contributed by atoms with E-state index in [9.17, 15) is 0 Å². The van der Waals surface area contributed by atoms with Crippen LogP contribution in [0.5, 0.6) is 0 Å². The Morgan fingerprint density at radius 2 is 1.86 bits per heavy atom. The molecule has 21 heavy (non-hydrogen) atoms. The average molecular weight is 356 g/mol. The van der Waals surface area contributed by atoms with Crippen molar-refractivity contribution in [1.82, 2.24) is 15.1 Å². The van der Waals surface area contributed by atoms with Crippen LogP contribution in [-0.4, -0.2) is 22.9 Å². The average Bonchev–Trinajstić information content (AvgIpc) is 2.72. The Hall–Kier alpha value is -0.350. The lowest BCUT2D eigenvalue weighted by atomic mass is 9.84. The van der Waals surface area contributed by atoms with Crippen LogP contribution in [0.4, 0.5) is 0 Å². The minimum Gasteiger partial charge on any atom is -0.316 e. The summed E-state index contributed by atoms with van der Waals surface area (Å²) in [6.07, 6.45) is 10.9. The molecule has 1 aliphatic rings. The molecule has 0 amide bonds. The van der Waals surface area contributed by atoms with Crippen LogP contribution in [0.1, 0.15) is 63.3 Å². The number of hydrogen-bond donors (Lipinski definition) is 1. The van der Waals surface area contributed by atoms with Gasteiger partial charge in [0.25, 0.3) is 0 Å². The second kappa shape index (κ2) is 8.33. The van der Waals surface area contributed by atoms with Gasteiger partial charge in [-0.2, -0.15) is 5.10 Å². The summed E-state index contributed by atoms with van der Waals surface area (Å²) in [6, 6.07) is 0.570. The molecule has 1 N–H and O–H groups in total. The molecule has 1 unspecified atom stereocenters. The Kier molecular flexibility index (Phi) is 6.74.